The van der Waals surface area contributed by atoms with Crippen molar-refractivity contribution in [2.75, 3.05) is 5.73 Å². The molecule has 0 spiro atoms. The molecule has 0 unspecified atom stereocenters. The van der Waals surface area contributed by atoms with Crippen LogP contribution in [0.4, 0.5) is 5.82 Å². The van der Waals surface area contributed by atoms with E-state index in [-0.39, 0.29) is 0 Å². The first-order valence-electron chi connectivity index (χ1n) is 2.65. The van der Waals surface area contributed by atoms with E-state index in [4.69, 9.17) is 22.7 Å². The predicted molar refractivity (Wildman–Crippen MR) is 41.5 cm³/mol. The molecule has 10 heavy (non-hydrogen) atoms. The Hall–Kier alpha value is -1.09. The van der Waals surface area contributed by atoms with Crippen molar-refractivity contribution in [2.24, 2.45) is 0 Å². The summed E-state index contributed by atoms with van der Waals surface area (Å²) in [5.74, 6) is 0.333. The summed E-state index contributed by atoms with van der Waals surface area (Å²) in [6.07, 6.45) is 2.57. The average Bonchev–Trinajstić information content (AvgIpc) is 1.94. The van der Waals surface area contributed by atoms with Gasteiger partial charge < -0.3 is 11.1 Å². The Kier molecular flexibility index (Phi) is 1.87. The molecule has 0 atom stereocenters. The quantitative estimate of drug-likeness (QED) is 0.601. The molecule has 4 heteroatoms. The lowest BCUT2D eigenvalue weighted by molar-refractivity contribution is 1.32. The second-order valence-electron chi connectivity index (χ2n) is 1.77. The van der Waals surface area contributed by atoms with Crippen molar-refractivity contribution in [3.63, 3.8) is 0 Å². The summed E-state index contributed by atoms with van der Waals surface area (Å²) in [5, 5.41) is 7.37. The van der Waals surface area contributed by atoms with Crippen LogP contribution in [-0.2, 0) is 0 Å². The number of nitrogen functional groups attached to an aromatic ring is 1. The van der Waals surface area contributed by atoms with E-state index < -0.39 is 0 Å². The fourth-order valence-electron chi connectivity index (χ4n) is 0.581. The molecular weight excluding hydrogens is 150 g/mol. The molecule has 1 rings (SSSR count). The first-order chi connectivity index (χ1) is 4.74. The maximum Gasteiger partial charge on any atom is 0.132 e. The molecule has 0 aliphatic carbocycles. The van der Waals surface area contributed by atoms with Crippen LogP contribution >= 0.6 is 11.6 Å². The fourth-order valence-corrected chi connectivity index (χ4v) is 0.747. The fraction of sp³-hybridized carbons (Fsp3) is 0. The van der Waals surface area contributed by atoms with Gasteiger partial charge in [-0.15, -0.1) is 0 Å². The predicted octanol–water partition coefficient (Wildman–Crippen LogP) is 1.31. The third-order valence-corrected chi connectivity index (χ3v) is 1.28. The number of rotatable bonds is 1. The Bertz CT molecular complexity index is 259. The van der Waals surface area contributed by atoms with Crippen molar-refractivity contribution in [3.8, 4) is 0 Å². The third-order valence-electron chi connectivity index (χ3n) is 1.07. The largest absolute Gasteiger partial charge is 0.383 e. The number of hydrogen-bond donors (Lipinski definition) is 2. The number of aromatic nitrogens is 1. The van der Waals surface area contributed by atoms with E-state index in [0.717, 1.165) is 6.21 Å². The van der Waals surface area contributed by atoms with E-state index >= 15 is 0 Å². The maximum absolute atomic E-state index is 6.88. The van der Waals surface area contributed by atoms with Crippen LogP contribution in [0.2, 0.25) is 5.02 Å². The van der Waals surface area contributed by atoms with Crippen LogP contribution in [0.3, 0.4) is 0 Å². The van der Waals surface area contributed by atoms with E-state index in [2.05, 4.69) is 4.98 Å². The Labute approximate surface area is 63.3 Å². The molecule has 3 nitrogen and oxygen atoms in total. The summed E-state index contributed by atoms with van der Waals surface area (Å²) in [6.45, 7) is 0. The number of halogens is 1. The first-order valence-corrected chi connectivity index (χ1v) is 3.03. The van der Waals surface area contributed by atoms with E-state index in [1.807, 2.05) is 0 Å². The second-order valence-corrected chi connectivity index (χ2v) is 2.21. The number of pyridine rings is 1. The minimum atomic E-state index is 0.333. The van der Waals surface area contributed by atoms with Gasteiger partial charge in [0.05, 0.1) is 5.02 Å². The zero-order valence-electron chi connectivity index (χ0n) is 5.13. The Balaban J connectivity index is 3.21. The van der Waals surface area contributed by atoms with Gasteiger partial charge in [0.1, 0.15) is 5.82 Å². The average molecular weight is 156 g/mol. The zero-order valence-corrected chi connectivity index (χ0v) is 5.89. The van der Waals surface area contributed by atoms with Crippen molar-refractivity contribution in [3.05, 3.63) is 22.8 Å². The molecule has 52 valence electrons. The number of nitrogens with two attached hydrogens (primary N) is 1. The van der Waals surface area contributed by atoms with Crippen LogP contribution in [-0.4, -0.2) is 11.2 Å². The van der Waals surface area contributed by atoms with Crippen LogP contribution in [0.5, 0.6) is 0 Å². The van der Waals surface area contributed by atoms with E-state index in [1.54, 1.807) is 6.07 Å². The van der Waals surface area contributed by atoms with Crippen molar-refractivity contribution in [2.45, 2.75) is 0 Å². The summed E-state index contributed by atoms with van der Waals surface area (Å²) in [5.41, 5.74) is 5.93. The maximum atomic E-state index is 6.88. The topological polar surface area (TPSA) is 62.8 Å². The van der Waals surface area contributed by atoms with Gasteiger partial charge in [0.15, 0.2) is 0 Å². The summed E-state index contributed by atoms with van der Waals surface area (Å²) >= 11 is 5.57. The summed E-state index contributed by atoms with van der Waals surface area (Å²) in [7, 11) is 0. The van der Waals surface area contributed by atoms with E-state index in [9.17, 15) is 0 Å². The molecule has 0 saturated heterocycles. The standard InChI is InChI=1S/C6H6ClN3/c7-5-1-4(2-8)6(9)10-3-5/h1-3,8H,(H2,9,10). The van der Waals surface area contributed by atoms with Gasteiger partial charge in [-0.1, -0.05) is 11.6 Å². The van der Waals surface area contributed by atoms with Crippen molar-refractivity contribution < 1.29 is 0 Å². The molecule has 0 fully saturated rings. The van der Waals surface area contributed by atoms with E-state index in [0.29, 0.717) is 16.4 Å². The highest BCUT2D eigenvalue weighted by molar-refractivity contribution is 6.30. The summed E-state index contributed by atoms with van der Waals surface area (Å²) in [4.78, 5) is 3.74. The molecule has 0 bridgehead atoms. The molecule has 0 aromatic carbocycles. The van der Waals surface area contributed by atoms with Gasteiger partial charge in [-0.05, 0) is 6.07 Å². The minimum Gasteiger partial charge on any atom is -0.383 e. The summed E-state index contributed by atoms with van der Waals surface area (Å²) in [6, 6.07) is 1.59. The molecule has 0 amide bonds. The van der Waals surface area contributed by atoms with Gasteiger partial charge in [0, 0.05) is 18.0 Å². The third kappa shape index (κ3) is 1.25. The molecular formula is C6H6ClN3. The lowest BCUT2D eigenvalue weighted by Gasteiger charge is -1.96. The normalized spacial score (nSPS) is 9.30. The number of nitrogens with zero attached hydrogens (tertiary/aromatic N) is 1. The molecule has 0 aliphatic heterocycles. The van der Waals surface area contributed by atoms with Crippen LogP contribution in [0.25, 0.3) is 0 Å². The molecule has 1 heterocycles. The number of anilines is 1. The van der Waals surface area contributed by atoms with Gasteiger partial charge in [-0.3, -0.25) is 0 Å². The molecule has 0 saturated carbocycles. The highest BCUT2D eigenvalue weighted by atomic mass is 35.5. The van der Waals surface area contributed by atoms with Gasteiger partial charge in [0.25, 0.3) is 0 Å². The first kappa shape index (κ1) is 7.02. The van der Waals surface area contributed by atoms with Gasteiger partial charge >= 0.3 is 0 Å². The number of nitrogens with one attached hydrogen (secondary N) is 1. The van der Waals surface area contributed by atoms with Crippen molar-refractivity contribution in [1.82, 2.24) is 4.98 Å². The monoisotopic (exact) mass is 155 g/mol. The molecule has 1 aromatic heterocycles. The Morgan fingerprint density at radius 3 is 2.90 bits per heavy atom. The Morgan fingerprint density at radius 2 is 2.40 bits per heavy atom. The van der Waals surface area contributed by atoms with Crippen molar-refractivity contribution >= 4 is 23.6 Å². The van der Waals surface area contributed by atoms with Gasteiger partial charge in [0.2, 0.25) is 0 Å². The molecule has 0 aliphatic rings. The molecule has 3 N–H and O–H groups in total. The van der Waals surface area contributed by atoms with E-state index in [1.165, 1.54) is 6.20 Å². The second kappa shape index (κ2) is 2.66. The highest BCUT2D eigenvalue weighted by Crippen LogP contribution is 2.11. The van der Waals surface area contributed by atoms with Crippen LogP contribution in [0.15, 0.2) is 12.3 Å². The van der Waals surface area contributed by atoms with Crippen LogP contribution in [0, 0.1) is 5.41 Å². The minimum absolute atomic E-state index is 0.333. The van der Waals surface area contributed by atoms with Crippen LogP contribution < -0.4 is 5.73 Å². The Morgan fingerprint density at radius 1 is 1.70 bits per heavy atom. The summed E-state index contributed by atoms with van der Waals surface area (Å²) < 4.78 is 0. The van der Waals surface area contributed by atoms with Gasteiger partial charge in [-0.25, -0.2) is 4.98 Å². The molecule has 1 aromatic rings. The van der Waals surface area contributed by atoms with Crippen LogP contribution in [0.1, 0.15) is 5.56 Å². The van der Waals surface area contributed by atoms with Crippen molar-refractivity contribution in [1.29, 1.82) is 5.41 Å². The zero-order chi connectivity index (χ0) is 7.56. The number of hydrogen-bond acceptors (Lipinski definition) is 3. The SMILES string of the molecule is N=Cc1cc(Cl)cnc1N. The lowest BCUT2D eigenvalue weighted by Crippen LogP contribution is -1.95. The van der Waals surface area contributed by atoms with Gasteiger partial charge in [-0.2, -0.15) is 0 Å². The molecule has 0 radical (unpaired) electrons. The smallest absolute Gasteiger partial charge is 0.132 e. The highest BCUT2D eigenvalue weighted by Gasteiger charge is 1.96. The lowest BCUT2D eigenvalue weighted by atomic mass is 10.3.